The second kappa shape index (κ2) is 4.57. The summed E-state index contributed by atoms with van der Waals surface area (Å²) < 4.78 is 7.09. The minimum Gasteiger partial charge on any atom is -0.460 e. The molecule has 0 bridgehead atoms. The molecule has 2 aromatic rings. The molecule has 0 saturated carbocycles. The number of anilines is 1. The molecule has 1 aromatic heterocycles. The number of hydrogen-bond acceptors (Lipinski definition) is 4. The van der Waals surface area contributed by atoms with Crippen LogP contribution in [-0.4, -0.2) is 21.4 Å². The third-order valence-electron chi connectivity index (χ3n) is 2.82. The monoisotopic (exact) mass is 261 g/mol. The average molecular weight is 261 g/mol. The van der Waals surface area contributed by atoms with Crippen LogP contribution < -0.4 is 5.73 Å². The van der Waals surface area contributed by atoms with Gasteiger partial charge in [-0.05, 0) is 38.5 Å². The fraction of sp³-hybridized carbons (Fsp3) is 0.429. The zero-order chi connectivity index (χ0) is 14.2. The second-order valence-electron chi connectivity index (χ2n) is 5.60. The Morgan fingerprint density at radius 1 is 1.42 bits per heavy atom. The number of carbonyl (C=O) groups is 1. The third kappa shape index (κ3) is 2.86. The zero-order valence-electron chi connectivity index (χ0n) is 11.7. The average Bonchev–Trinajstić information content (AvgIpc) is 2.62. The van der Waals surface area contributed by atoms with E-state index in [1.165, 1.54) is 0 Å². The lowest BCUT2D eigenvalue weighted by molar-refractivity contribution is -0.153. The molecule has 0 spiro atoms. The molecule has 0 saturated heterocycles. The number of benzene rings is 1. The fourth-order valence-electron chi connectivity index (χ4n) is 2.02. The van der Waals surface area contributed by atoms with E-state index in [0.29, 0.717) is 5.69 Å². The quantitative estimate of drug-likeness (QED) is 0.663. The van der Waals surface area contributed by atoms with E-state index in [2.05, 4.69) is 5.10 Å². The predicted octanol–water partition coefficient (Wildman–Crippen LogP) is 2.04. The number of hydrogen-bond donors (Lipinski definition) is 1. The predicted molar refractivity (Wildman–Crippen MR) is 74.7 cm³/mol. The molecule has 0 unspecified atom stereocenters. The van der Waals surface area contributed by atoms with Gasteiger partial charge < -0.3 is 10.5 Å². The second-order valence-corrected chi connectivity index (χ2v) is 5.60. The molecule has 1 aromatic carbocycles. The molecule has 1 heterocycles. The van der Waals surface area contributed by atoms with Crippen LogP contribution in [0.4, 0.5) is 5.69 Å². The molecular weight excluding hydrogens is 242 g/mol. The number of esters is 1. The summed E-state index contributed by atoms with van der Waals surface area (Å²) in [5, 5.41) is 5.09. The van der Waals surface area contributed by atoms with Crippen LogP contribution in [0.5, 0.6) is 0 Å². The Morgan fingerprint density at radius 3 is 2.74 bits per heavy atom. The molecule has 102 valence electrons. The van der Waals surface area contributed by atoms with Crippen LogP contribution in [0.15, 0.2) is 18.3 Å². The maximum atomic E-state index is 11.9. The van der Waals surface area contributed by atoms with E-state index in [1.54, 1.807) is 16.9 Å². The number of nitrogens with zero attached hydrogens (tertiary/aromatic N) is 2. The van der Waals surface area contributed by atoms with Crippen LogP contribution in [0.2, 0.25) is 0 Å². The lowest BCUT2D eigenvalue weighted by Gasteiger charge is -2.19. The molecule has 0 aliphatic heterocycles. The Labute approximate surface area is 112 Å². The molecule has 5 nitrogen and oxygen atoms in total. The van der Waals surface area contributed by atoms with Crippen molar-refractivity contribution in [2.24, 2.45) is 7.05 Å². The number of nitrogens with two attached hydrogens (primary N) is 1. The summed E-state index contributed by atoms with van der Waals surface area (Å²) in [4.78, 5) is 11.9. The van der Waals surface area contributed by atoms with E-state index >= 15 is 0 Å². The number of nitrogen functional groups attached to an aromatic ring is 1. The molecule has 0 aliphatic carbocycles. The van der Waals surface area contributed by atoms with Crippen molar-refractivity contribution < 1.29 is 9.53 Å². The molecule has 0 aliphatic rings. The number of aryl methyl sites for hydroxylation is 1. The van der Waals surface area contributed by atoms with Crippen molar-refractivity contribution in [3.05, 3.63) is 23.9 Å². The number of ether oxygens (including phenoxy) is 1. The largest absolute Gasteiger partial charge is 0.460 e. The van der Waals surface area contributed by atoms with Gasteiger partial charge in [-0.25, -0.2) is 0 Å². The van der Waals surface area contributed by atoms with E-state index < -0.39 is 5.60 Å². The zero-order valence-corrected chi connectivity index (χ0v) is 11.7. The normalized spacial score (nSPS) is 11.8. The molecule has 0 radical (unpaired) electrons. The summed E-state index contributed by atoms with van der Waals surface area (Å²) in [6.45, 7) is 5.54. The van der Waals surface area contributed by atoms with Crippen LogP contribution in [0.3, 0.4) is 0 Å². The van der Waals surface area contributed by atoms with E-state index in [1.807, 2.05) is 33.9 Å². The minimum absolute atomic E-state index is 0.159. The van der Waals surface area contributed by atoms with Crippen LogP contribution in [0, 0.1) is 0 Å². The lowest BCUT2D eigenvalue weighted by Crippen LogP contribution is -2.25. The number of aromatic nitrogens is 2. The van der Waals surface area contributed by atoms with Crippen molar-refractivity contribution in [2.75, 3.05) is 5.73 Å². The number of fused-ring (bicyclic) bond motifs is 1. The highest BCUT2D eigenvalue weighted by Crippen LogP contribution is 2.25. The Balaban J connectivity index is 2.34. The van der Waals surface area contributed by atoms with E-state index in [0.717, 1.165) is 16.5 Å². The van der Waals surface area contributed by atoms with Crippen molar-refractivity contribution in [1.29, 1.82) is 0 Å². The Hall–Kier alpha value is -2.04. The van der Waals surface area contributed by atoms with E-state index in [9.17, 15) is 4.79 Å². The van der Waals surface area contributed by atoms with Gasteiger partial charge in [0.2, 0.25) is 0 Å². The molecule has 0 amide bonds. The topological polar surface area (TPSA) is 70.1 Å². The summed E-state index contributed by atoms with van der Waals surface area (Å²) in [7, 11) is 1.86. The molecule has 5 heteroatoms. The smallest absolute Gasteiger partial charge is 0.310 e. The van der Waals surface area contributed by atoms with E-state index in [-0.39, 0.29) is 12.4 Å². The molecule has 0 atom stereocenters. The van der Waals surface area contributed by atoms with Crippen molar-refractivity contribution in [1.82, 2.24) is 9.78 Å². The lowest BCUT2D eigenvalue weighted by atomic mass is 10.0. The minimum atomic E-state index is -0.491. The summed E-state index contributed by atoms with van der Waals surface area (Å²) in [5.74, 6) is -0.282. The number of carbonyl (C=O) groups excluding carboxylic acids is 1. The molecular formula is C14H19N3O2. The Morgan fingerprint density at radius 2 is 2.11 bits per heavy atom. The first-order valence-corrected chi connectivity index (χ1v) is 6.19. The van der Waals surface area contributed by atoms with Crippen molar-refractivity contribution >= 4 is 22.6 Å². The first-order valence-electron chi connectivity index (χ1n) is 6.19. The Kier molecular flexibility index (Phi) is 3.22. The van der Waals surface area contributed by atoms with Crippen LogP contribution in [-0.2, 0) is 23.0 Å². The van der Waals surface area contributed by atoms with Crippen LogP contribution >= 0.6 is 0 Å². The molecule has 2 N–H and O–H groups in total. The summed E-state index contributed by atoms with van der Waals surface area (Å²) >= 11 is 0. The van der Waals surface area contributed by atoms with Gasteiger partial charge in [0.1, 0.15) is 5.60 Å². The first kappa shape index (κ1) is 13.4. The maximum Gasteiger partial charge on any atom is 0.310 e. The molecule has 19 heavy (non-hydrogen) atoms. The summed E-state index contributed by atoms with van der Waals surface area (Å²) in [6, 6.07) is 3.69. The Bertz CT molecular complexity index is 623. The van der Waals surface area contributed by atoms with Gasteiger partial charge in [-0.15, -0.1) is 0 Å². The van der Waals surface area contributed by atoms with Gasteiger partial charge >= 0.3 is 5.97 Å². The third-order valence-corrected chi connectivity index (χ3v) is 2.82. The van der Waals surface area contributed by atoms with Gasteiger partial charge in [0.25, 0.3) is 0 Å². The van der Waals surface area contributed by atoms with Gasteiger partial charge in [0, 0.05) is 18.1 Å². The van der Waals surface area contributed by atoms with Crippen LogP contribution in [0.25, 0.3) is 10.9 Å². The highest BCUT2D eigenvalue weighted by molar-refractivity contribution is 5.90. The van der Waals surface area contributed by atoms with Gasteiger partial charge in [-0.1, -0.05) is 0 Å². The highest BCUT2D eigenvalue weighted by Gasteiger charge is 2.19. The fourth-order valence-corrected chi connectivity index (χ4v) is 2.02. The van der Waals surface area contributed by atoms with Gasteiger partial charge in [-0.2, -0.15) is 5.10 Å². The summed E-state index contributed by atoms with van der Waals surface area (Å²) in [6.07, 6.45) is 1.89. The van der Waals surface area contributed by atoms with E-state index in [4.69, 9.17) is 10.5 Å². The highest BCUT2D eigenvalue weighted by atomic mass is 16.6. The van der Waals surface area contributed by atoms with Gasteiger partial charge in [0.15, 0.2) is 0 Å². The van der Waals surface area contributed by atoms with Crippen LogP contribution in [0.1, 0.15) is 26.3 Å². The van der Waals surface area contributed by atoms with Gasteiger partial charge in [0.05, 0.1) is 18.1 Å². The first-order chi connectivity index (χ1) is 8.78. The number of rotatable bonds is 2. The molecule has 2 rings (SSSR count). The van der Waals surface area contributed by atoms with Gasteiger partial charge in [-0.3, -0.25) is 9.48 Å². The standard InChI is InChI=1S/C14H19N3O2/c1-14(2,3)19-13(18)7-9-10-8-16-17(4)12(10)6-5-11(9)15/h5-6,8H,7,15H2,1-4H3. The van der Waals surface area contributed by atoms with Crippen molar-refractivity contribution in [3.8, 4) is 0 Å². The maximum absolute atomic E-state index is 11.9. The SMILES string of the molecule is Cn1ncc2c(CC(=O)OC(C)(C)C)c(N)ccc21. The molecule has 0 fully saturated rings. The van der Waals surface area contributed by atoms with Crippen molar-refractivity contribution in [3.63, 3.8) is 0 Å². The van der Waals surface area contributed by atoms with Crippen molar-refractivity contribution in [2.45, 2.75) is 32.8 Å². The summed E-state index contributed by atoms with van der Waals surface area (Å²) in [5.41, 5.74) is 7.79.